The summed E-state index contributed by atoms with van der Waals surface area (Å²) in [4.78, 5) is 43.8. The van der Waals surface area contributed by atoms with Crippen molar-refractivity contribution in [1.29, 1.82) is 0 Å². The van der Waals surface area contributed by atoms with E-state index in [9.17, 15) is 31.6 Å². The zero-order valence-electron chi connectivity index (χ0n) is 22.2. The Bertz CT molecular complexity index is 1730. The van der Waals surface area contributed by atoms with E-state index in [1.54, 1.807) is 13.8 Å². The van der Waals surface area contributed by atoms with Crippen molar-refractivity contribution in [2.45, 2.75) is 32.4 Å². The van der Waals surface area contributed by atoms with E-state index < -0.39 is 73.4 Å². The lowest BCUT2D eigenvalue weighted by Gasteiger charge is -2.22. The third-order valence-corrected chi connectivity index (χ3v) is 6.99. The Kier molecular flexibility index (Phi) is 8.00. The molecule has 0 spiro atoms. The van der Waals surface area contributed by atoms with Gasteiger partial charge in [-0.1, -0.05) is 13.8 Å². The van der Waals surface area contributed by atoms with Gasteiger partial charge in [0.25, 0.3) is 0 Å². The van der Waals surface area contributed by atoms with Crippen molar-refractivity contribution in [3.05, 3.63) is 57.6 Å². The third kappa shape index (κ3) is 6.12. The molecule has 1 saturated heterocycles. The molecular weight excluding hydrogens is 569 g/mol. The molecule has 0 unspecified atom stereocenters. The van der Waals surface area contributed by atoms with Crippen LogP contribution in [0.1, 0.15) is 30.6 Å². The highest BCUT2D eigenvalue weighted by atomic mass is 32.2. The molecule has 0 aliphatic carbocycles. The van der Waals surface area contributed by atoms with Crippen LogP contribution in [0.15, 0.2) is 29.2 Å². The number of halogens is 3. The molecular formula is C25H27F3N6O6S. The molecule has 0 saturated carbocycles. The fraction of sp³-hybridized carbons (Fsp3) is 0.360. The Morgan fingerprint density at radius 2 is 1.83 bits per heavy atom. The summed E-state index contributed by atoms with van der Waals surface area (Å²) in [6, 6.07) is 0.955. The van der Waals surface area contributed by atoms with Crippen LogP contribution in [0.5, 0.6) is 0 Å². The zero-order valence-corrected chi connectivity index (χ0v) is 23.0. The summed E-state index contributed by atoms with van der Waals surface area (Å²) in [5, 5.41) is 2.29. The van der Waals surface area contributed by atoms with Gasteiger partial charge < -0.3 is 25.9 Å². The first kappa shape index (κ1) is 29.8. The first-order valence-electron chi connectivity index (χ1n) is 12.3. The second-order valence-corrected chi connectivity index (χ2v) is 11.6. The molecule has 3 aromatic rings. The van der Waals surface area contributed by atoms with E-state index in [4.69, 9.17) is 11.5 Å². The van der Waals surface area contributed by atoms with Gasteiger partial charge in [0.2, 0.25) is 11.3 Å². The van der Waals surface area contributed by atoms with Crippen LogP contribution >= 0.6 is 0 Å². The molecule has 3 heterocycles. The van der Waals surface area contributed by atoms with Crippen molar-refractivity contribution < 1.29 is 35.4 Å². The minimum absolute atomic E-state index is 0.107. The highest BCUT2D eigenvalue weighted by Gasteiger charge is 2.30. The van der Waals surface area contributed by atoms with Gasteiger partial charge in [-0.3, -0.25) is 14.2 Å². The van der Waals surface area contributed by atoms with Crippen LogP contribution in [-0.4, -0.2) is 61.3 Å². The van der Waals surface area contributed by atoms with E-state index in [-0.39, 0.29) is 36.4 Å². The van der Waals surface area contributed by atoms with Gasteiger partial charge in [0.05, 0.1) is 29.1 Å². The standard InChI is InChI=1S/C25H27F3N6O6S/c1-11(2)20(30)24(36)31-12-4-5-33(9-12)23-17(28)6-13-21(35)14(25(37)40-41(3,38)39)10-34(22(13)32-23)19-8-18(29)15(26)7-16(19)27/h6-8,10-12,20H,4-5,9,29-30H2,1-3H3,(H,31,36)/t12-,20-/m0/s1. The zero-order chi connectivity index (χ0) is 30.4. The smallest absolute Gasteiger partial charge is 0.359 e. The summed E-state index contributed by atoms with van der Waals surface area (Å²) < 4.78 is 72.4. The molecule has 16 heteroatoms. The molecule has 1 aliphatic rings. The van der Waals surface area contributed by atoms with Crippen molar-refractivity contribution >= 4 is 44.5 Å². The van der Waals surface area contributed by atoms with Crippen LogP contribution in [0.2, 0.25) is 0 Å². The topological polar surface area (TPSA) is 180 Å². The van der Waals surface area contributed by atoms with Crippen LogP contribution in [0.3, 0.4) is 0 Å². The van der Waals surface area contributed by atoms with Gasteiger partial charge in [0, 0.05) is 31.4 Å². The third-order valence-electron chi connectivity index (χ3n) is 6.54. The predicted molar refractivity (Wildman–Crippen MR) is 143 cm³/mol. The summed E-state index contributed by atoms with van der Waals surface area (Å²) >= 11 is 0. The maximum atomic E-state index is 15.4. The van der Waals surface area contributed by atoms with Gasteiger partial charge in [0.1, 0.15) is 17.2 Å². The number of pyridine rings is 2. The molecule has 1 aromatic carbocycles. The SMILES string of the molecule is CC(C)[C@H](N)C(=O)N[C@H]1CCN(c2nc3c(cc2F)c(=O)c(C(=O)OS(C)(=O)=O)cn3-c2cc(N)c(F)cc2F)C1. The van der Waals surface area contributed by atoms with Gasteiger partial charge in [0.15, 0.2) is 17.3 Å². The van der Waals surface area contributed by atoms with Gasteiger partial charge in [-0.2, -0.15) is 8.42 Å². The Hall–Kier alpha value is -4.18. The maximum Gasteiger partial charge on any atom is 0.359 e. The monoisotopic (exact) mass is 596 g/mol. The number of nitrogens with one attached hydrogen (secondary N) is 1. The molecule has 220 valence electrons. The van der Waals surface area contributed by atoms with Crippen molar-refractivity contribution in [1.82, 2.24) is 14.9 Å². The van der Waals surface area contributed by atoms with Crippen LogP contribution in [0.25, 0.3) is 16.7 Å². The fourth-order valence-electron chi connectivity index (χ4n) is 4.36. The second kappa shape index (κ2) is 11.0. The van der Waals surface area contributed by atoms with Crippen molar-refractivity contribution in [2.75, 3.05) is 30.0 Å². The number of fused-ring (bicyclic) bond motifs is 1. The van der Waals surface area contributed by atoms with Gasteiger partial charge in [-0.25, -0.2) is 22.9 Å². The molecule has 0 radical (unpaired) electrons. The number of benzene rings is 1. The van der Waals surface area contributed by atoms with Crippen LogP contribution < -0.4 is 27.1 Å². The number of carbonyl (C=O) groups excluding carboxylic acids is 2. The minimum Gasteiger partial charge on any atom is -0.396 e. The maximum absolute atomic E-state index is 15.4. The van der Waals surface area contributed by atoms with Gasteiger partial charge in [-0.15, -0.1) is 0 Å². The van der Waals surface area contributed by atoms with Crippen molar-refractivity contribution in [2.24, 2.45) is 11.7 Å². The van der Waals surface area contributed by atoms with E-state index in [2.05, 4.69) is 14.5 Å². The molecule has 12 nitrogen and oxygen atoms in total. The van der Waals surface area contributed by atoms with E-state index in [1.807, 2.05) is 0 Å². The van der Waals surface area contributed by atoms with Crippen molar-refractivity contribution in [3.8, 4) is 5.69 Å². The number of anilines is 2. The quantitative estimate of drug-likeness (QED) is 0.265. The number of hydrogen-bond acceptors (Lipinski definition) is 10. The average molecular weight is 597 g/mol. The van der Waals surface area contributed by atoms with E-state index in [0.717, 1.165) is 22.9 Å². The molecule has 41 heavy (non-hydrogen) atoms. The number of nitrogens with two attached hydrogens (primary N) is 2. The fourth-order valence-corrected chi connectivity index (χ4v) is 4.72. The Balaban J connectivity index is 1.85. The van der Waals surface area contributed by atoms with Crippen LogP contribution in [0, 0.1) is 23.4 Å². The number of rotatable bonds is 7. The highest BCUT2D eigenvalue weighted by molar-refractivity contribution is 7.86. The Morgan fingerprint density at radius 1 is 1.15 bits per heavy atom. The predicted octanol–water partition coefficient (Wildman–Crippen LogP) is 1.18. The Morgan fingerprint density at radius 3 is 2.46 bits per heavy atom. The van der Waals surface area contributed by atoms with Crippen molar-refractivity contribution in [3.63, 3.8) is 0 Å². The summed E-state index contributed by atoms with van der Waals surface area (Å²) in [6.07, 6.45) is 1.74. The first-order chi connectivity index (χ1) is 19.1. The van der Waals surface area contributed by atoms with Crippen LogP contribution in [0.4, 0.5) is 24.7 Å². The lowest BCUT2D eigenvalue weighted by atomic mass is 10.0. The minimum atomic E-state index is -4.37. The number of carbonyl (C=O) groups is 2. The molecule has 1 amide bonds. The van der Waals surface area contributed by atoms with E-state index in [0.29, 0.717) is 18.7 Å². The lowest BCUT2D eigenvalue weighted by Crippen LogP contribution is -2.48. The molecule has 2 aromatic heterocycles. The number of nitrogen functional groups attached to an aromatic ring is 1. The highest BCUT2D eigenvalue weighted by Crippen LogP contribution is 2.28. The summed E-state index contributed by atoms with van der Waals surface area (Å²) in [5.41, 5.74) is 8.17. The number of nitrogens with zero attached hydrogens (tertiary/aromatic N) is 3. The molecule has 2 atom stereocenters. The van der Waals surface area contributed by atoms with E-state index >= 15 is 4.39 Å². The summed E-state index contributed by atoms with van der Waals surface area (Å²) in [5.74, 6) is -5.59. The first-order valence-corrected chi connectivity index (χ1v) is 14.1. The second-order valence-electron chi connectivity index (χ2n) is 10.0. The molecule has 1 fully saturated rings. The molecule has 0 bridgehead atoms. The average Bonchev–Trinajstić information content (AvgIpc) is 3.33. The number of amides is 1. The largest absolute Gasteiger partial charge is 0.396 e. The Labute approximate surface area is 232 Å². The van der Waals surface area contributed by atoms with Gasteiger partial charge >= 0.3 is 16.1 Å². The van der Waals surface area contributed by atoms with E-state index in [1.165, 1.54) is 4.90 Å². The number of hydrogen-bond donors (Lipinski definition) is 3. The number of aromatic nitrogens is 2. The molecule has 1 aliphatic heterocycles. The summed E-state index contributed by atoms with van der Waals surface area (Å²) in [7, 11) is -4.37. The van der Waals surface area contributed by atoms with Gasteiger partial charge in [-0.05, 0) is 24.5 Å². The normalized spacial score (nSPS) is 16.3. The molecule has 4 rings (SSSR count). The van der Waals surface area contributed by atoms with Crippen LogP contribution in [-0.2, 0) is 19.1 Å². The lowest BCUT2D eigenvalue weighted by molar-refractivity contribution is -0.123. The molecule has 5 N–H and O–H groups in total. The summed E-state index contributed by atoms with van der Waals surface area (Å²) in [6.45, 7) is 3.97.